The minimum Gasteiger partial charge on any atom is -0.494 e. The van der Waals surface area contributed by atoms with Crippen molar-refractivity contribution in [2.24, 2.45) is 11.8 Å². The Morgan fingerprint density at radius 2 is 1.56 bits per heavy atom. The average molecular weight is 345 g/mol. The summed E-state index contributed by atoms with van der Waals surface area (Å²) in [6.45, 7) is 5.83. The van der Waals surface area contributed by atoms with Gasteiger partial charge in [-0.05, 0) is 68.2 Å². The molecule has 0 spiro atoms. The first-order chi connectivity index (χ1) is 12.3. The Hall–Kier alpha value is -1.44. The first-order valence-electron chi connectivity index (χ1n) is 10.3. The summed E-state index contributed by atoms with van der Waals surface area (Å²) in [6, 6.07) is 7.93. The lowest BCUT2D eigenvalue weighted by Crippen LogP contribution is -2.13. The molecule has 1 aromatic rings. The van der Waals surface area contributed by atoms with E-state index < -0.39 is 0 Å². The van der Waals surface area contributed by atoms with Gasteiger partial charge in [-0.3, -0.25) is 0 Å². The quantitative estimate of drug-likeness (QED) is 0.325. The molecule has 0 amide bonds. The molecule has 1 saturated carbocycles. The van der Waals surface area contributed by atoms with Crippen LogP contribution in [0.25, 0.3) is 0 Å². The number of rotatable bonds is 11. The van der Waals surface area contributed by atoms with Gasteiger partial charge < -0.3 is 9.47 Å². The fourth-order valence-electron chi connectivity index (χ4n) is 3.60. The summed E-state index contributed by atoms with van der Waals surface area (Å²) in [6.07, 6.45) is 16.8. The topological polar surface area (TPSA) is 18.5 Å². The van der Waals surface area contributed by atoms with E-state index >= 15 is 0 Å². The second-order valence-electron chi connectivity index (χ2n) is 7.34. The van der Waals surface area contributed by atoms with Gasteiger partial charge in [0.25, 0.3) is 0 Å². The summed E-state index contributed by atoms with van der Waals surface area (Å²) in [5, 5.41) is 0. The Balaban J connectivity index is 1.60. The van der Waals surface area contributed by atoms with Crippen molar-refractivity contribution in [2.75, 3.05) is 13.2 Å². The maximum absolute atomic E-state index is 5.80. The van der Waals surface area contributed by atoms with Crippen LogP contribution in [-0.4, -0.2) is 13.2 Å². The summed E-state index contributed by atoms with van der Waals surface area (Å²) < 4.78 is 11.4. The van der Waals surface area contributed by atoms with Gasteiger partial charge in [-0.15, -0.1) is 0 Å². The Labute approximate surface area is 154 Å². The summed E-state index contributed by atoms with van der Waals surface area (Å²) in [7, 11) is 0. The van der Waals surface area contributed by atoms with Gasteiger partial charge in [-0.25, -0.2) is 0 Å². The Kier molecular flexibility index (Phi) is 9.54. The molecule has 0 atom stereocenters. The van der Waals surface area contributed by atoms with E-state index in [-0.39, 0.29) is 0 Å². The van der Waals surface area contributed by atoms with Crippen molar-refractivity contribution >= 4 is 0 Å². The summed E-state index contributed by atoms with van der Waals surface area (Å²) in [4.78, 5) is 0. The first kappa shape index (κ1) is 19.9. The van der Waals surface area contributed by atoms with Crippen LogP contribution < -0.4 is 9.47 Å². The Morgan fingerprint density at radius 1 is 0.880 bits per heavy atom. The molecule has 0 bridgehead atoms. The van der Waals surface area contributed by atoms with Crippen molar-refractivity contribution in [1.29, 1.82) is 0 Å². The van der Waals surface area contributed by atoms with E-state index in [9.17, 15) is 0 Å². The Morgan fingerprint density at radius 3 is 2.20 bits per heavy atom. The fraction of sp³-hybridized carbons (Fsp3) is 0.652. The highest BCUT2D eigenvalue weighted by Crippen LogP contribution is 2.32. The summed E-state index contributed by atoms with van der Waals surface area (Å²) >= 11 is 0. The average Bonchev–Trinajstić information content (AvgIpc) is 2.66. The van der Waals surface area contributed by atoms with Gasteiger partial charge in [0.2, 0.25) is 0 Å². The third kappa shape index (κ3) is 7.98. The predicted octanol–water partition coefficient (Wildman–Crippen LogP) is 6.80. The van der Waals surface area contributed by atoms with Crippen LogP contribution in [-0.2, 0) is 0 Å². The smallest absolute Gasteiger partial charge is 0.120 e. The van der Waals surface area contributed by atoms with Crippen LogP contribution in [0.4, 0.5) is 0 Å². The van der Waals surface area contributed by atoms with Crippen molar-refractivity contribution in [3.8, 4) is 11.5 Å². The van der Waals surface area contributed by atoms with Gasteiger partial charge in [-0.2, -0.15) is 0 Å². The van der Waals surface area contributed by atoms with Gasteiger partial charge in [0.15, 0.2) is 0 Å². The number of hydrogen-bond acceptors (Lipinski definition) is 2. The number of ether oxygens (including phenoxy) is 2. The minimum atomic E-state index is 0.658. The molecule has 2 rings (SSSR count). The molecular formula is C23H36O2. The van der Waals surface area contributed by atoms with E-state index in [0.29, 0.717) is 6.61 Å². The largest absolute Gasteiger partial charge is 0.494 e. The van der Waals surface area contributed by atoms with Crippen LogP contribution in [0.5, 0.6) is 11.5 Å². The fourth-order valence-corrected chi connectivity index (χ4v) is 3.60. The maximum Gasteiger partial charge on any atom is 0.120 e. The predicted molar refractivity (Wildman–Crippen MR) is 106 cm³/mol. The molecule has 1 aliphatic carbocycles. The number of hydrogen-bond donors (Lipinski definition) is 0. The zero-order chi connectivity index (χ0) is 17.7. The van der Waals surface area contributed by atoms with E-state index in [2.05, 4.69) is 26.0 Å². The lowest BCUT2D eigenvalue weighted by molar-refractivity contribution is 0.288. The zero-order valence-corrected chi connectivity index (χ0v) is 16.2. The SMILES string of the molecule is CCCCCC1CCC(/C=C/COc2ccc(OCCC)cc2)CC1. The van der Waals surface area contributed by atoms with Crippen molar-refractivity contribution in [3.05, 3.63) is 36.4 Å². The van der Waals surface area contributed by atoms with E-state index in [1.165, 1.54) is 51.4 Å². The number of unbranched alkanes of at least 4 members (excludes halogenated alkanes) is 2. The molecular weight excluding hydrogens is 308 g/mol. The molecule has 0 unspecified atom stereocenters. The third-order valence-corrected chi connectivity index (χ3v) is 5.16. The van der Waals surface area contributed by atoms with Crippen LogP contribution in [0, 0.1) is 11.8 Å². The van der Waals surface area contributed by atoms with Crippen molar-refractivity contribution in [2.45, 2.75) is 71.6 Å². The van der Waals surface area contributed by atoms with Crippen LogP contribution in [0.3, 0.4) is 0 Å². The zero-order valence-electron chi connectivity index (χ0n) is 16.2. The molecule has 1 fully saturated rings. The summed E-state index contributed by atoms with van der Waals surface area (Å²) in [5.41, 5.74) is 0. The molecule has 0 saturated heterocycles. The standard InChI is InChI=1S/C23H36O2/c1-3-5-6-8-20-10-12-21(13-11-20)9-7-19-25-23-16-14-22(15-17-23)24-18-4-2/h7,9,14-17,20-21H,3-6,8,10-13,18-19H2,1-2H3/b9-7+. The highest BCUT2D eigenvalue weighted by atomic mass is 16.5. The lowest BCUT2D eigenvalue weighted by Gasteiger charge is -2.26. The molecule has 0 N–H and O–H groups in total. The van der Waals surface area contributed by atoms with E-state index in [4.69, 9.17) is 9.47 Å². The highest BCUT2D eigenvalue weighted by Gasteiger charge is 2.18. The second-order valence-corrected chi connectivity index (χ2v) is 7.34. The molecule has 0 aliphatic heterocycles. The van der Waals surface area contributed by atoms with Gasteiger partial charge in [0.05, 0.1) is 6.61 Å². The third-order valence-electron chi connectivity index (χ3n) is 5.16. The lowest BCUT2D eigenvalue weighted by atomic mass is 9.79. The molecule has 2 nitrogen and oxygen atoms in total. The summed E-state index contributed by atoms with van der Waals surface area (Å²) in [5.74, 6) is 3.57. The monoisotopic (exact) mass is 344 g/mol. The normalized spacial score (nSPS) is 20.7. The second kappa shape index (κ2) is 12.0. The molecule has 2 heteroatoms. The molecule has 1 aromatic carbocycles. The van der Waals surface area contributed by atoms with Crippen LogP contribution in [0.1, 0.15) is 71.6 Å². The molecule has 0 radical (unpaired) electrons. The van der Waals surface area contributed by atoms with Gasteiger partial charge >= 0.3 is 0 Å². The van der Waals surface area contributed by atoms with Gasteiger partial charge in [0, 0.05) is 0 Å². The Bertz CT molecular complexity index is 469. The molecule has 0 heterocycles. The molecule has 140 valence electrons. The maximum atomic E-state index is 5.80. The van der Waals surface area contributed by atoms with E-state index in [1.54, 1.807) is 0 Å². The molecule has 0 aromatic heterocycles. The highest BCUT2D eigenvalue weighted by molar-refractivity contribution is 5.31. The van der Waals surface area contributed by atoms with Gasteiger partial charge in [-0.1, -0.05) is 51.7 Å². The van der Waals surface area contributed by atoms with Crippen LogP contribution >= 0.6 is 0 Å². The van der Waals surface area contributed by atoms with E-state index in [0.717, 1.165) is 36.4 Å². The van der Waals surface area contributed by atoms with Gasteiger partial charge in [0.1, 0.15) is 18.1 Å². The van der Waals surface area contributed by atoms with Crippen LogP contribution in [0.2, 0.25) is 0 Å². The van der Waals surface area contributed by atoms with Crippen molar-refractivity contribution < 1.29 is 9.47 Å². The number of benzene rings is 1. The molecule has 25 heavy (non-hydrogen) atoms. The molecule has 1 aliphatic rings. The minimum absolute atomic E-state index is 0.658. The van der Waals surface area contributed by atoms with Crippen molar-refractivity contribution in [1.82, 2.24) is 0 Å². The van der Waals surface area contributed by atoms with Crippen molar-refractivity contribution in [3.63, 3.8) is 0 Å². The van der Waals surface area contributed by atoms with E-state index in [1.807, 2.05) is 24.3 Å². The number of allylic oxidation sites excluding steroid dienone is 1. The first-order valence-corrected chi connectivity index (χ1v) is 10.3. The van der Waals surface area contributed by atoms with Crippen LogP contribution in [0.15, 0.2) is 36.4 Å².